The van der Waals surface area contributed by atoms with Crippen LogP contribution in [0, 0.1) is 12.8 Å². The fourth-order valence-electron chi connectivity index (χ4n) is 2.56. The van der Waals surface area contributed by atoms with Crippen LogP contribution in [0.15, 0.2) is 29.2 Å². The van der Waals surface area contributed by atoms with Gasteiger partial charge in [0.15, 0.2) is 0 Å². The minimum atomic E-state index is -0.00745. The lowest BCUT2D eigenvalue weighted by molar-refractivity contribution is 0.167. The van der Waals surface area contributed by atoms with Gasteiger partial charge in [-0.1, -0.05) is 26.8 Å². The number of aromatic nitrogens is 2. The van der Waals surface area contributed by atoms with Crippen molar-refractivity contribution in [2.24, 2.45) is 5.92 Å². The van der Waals surface area contributed by atoms with Crippen molar-refractivity contribution in [1.82, 2.24) is 14.3 Å². The number of aryl methyl sites for hydroxylation is 1. The van der Waals surface area contributed by atoms with E-state index >= 15 is 0 Å². The summed E-state index contributed by atoms with van der Waals surface area (Å²) in [6.45, 7) is 12.5. The summed E-state index contributed by atoms with van der Waals surface area (Å²) < 4.78 is 1.61. The van der Waals surface area contributed by atoms with Gasteiger partial charge in [0.05, 0.1) is 5.69 Å². The van der Waals surface area contributed by atoms with E-state index in [1.54, 1.807) is 16.7 Å². The Morgan fingerprint density at radius 3 is 2.67 bits per heavy atom. The molecule has 4 nitrogen and oxygen atoms in total. The lowest BCUT2D eigenvalue weighted by Gasteiger charge is -2.30. The first-order valence-corrected chi connectivity index (χ1v) is 7.66. The Bertz CT molecular complexity index is 675. The van der Waals surface area contributed by atoms with Crippen molar-refractivity contribution in [2.45, 2.75) is 47.2 Å². The van der Waals surface area contributed by atoms with Crippen LogP contribution in [-0.4, -0.2) is 26.9 Å². The van der Waals surface area contributed by atoms with Gasteiger partial charge in [0.2, 0.25) is 0 Å². The Labute approximate surface area is 126 Å². The van der Waals surface area contributed by atoms with Crippen molar-refractivity contribution in [3.05, 3.63) is 46.0 Å². The molecule has 0 saturated heterocycles. The highest BCUT2D eigenvalue weighted by Gasteiger charge is 2.17. The van der Waals surface area contributed by atoms with Crippen LogP contribution in [0.5, 0.6) is 0 Å². The third kappa shape index (κ3) is 3.32. The monoisotopic (exact) mass is 287 g/mol. The first-order chi connectivity index (χ1) is 9.93. The molecule has 0 fully saturated rings. The van der Waals surface area contributed by atoms with Crippen molar-refractivity contribution in [1.29, 1.82) is 0 Å². The molecule has 0 aliphatic rings. The highest BCUT2D eigenvalue weighted by molar-refractivity contribution is 5.46. The molecule has 114 valence electrons. The van der Waals surface area contributed by atoms with E-state index in [1.165, 1.54) is 0 Å². The Morgan fingerprint density at radius 2 is 2.05 bits per heavy atom. The fourth-order valence-corrected chi connectivity index (χ4v) is 2.56. The summed E-state index contributed by atoms with van der Waals surface area (Å²) in [6, 6.07) is 5.99. The molecule has 2 heterocycles. The Kier molecular flexibility index (Phi) is 4.78. The zero-order valence-electron chi connectivity index (χ0n) is 13.6. The molecule has 0 N–H and O–H groups in total. The van der Waals surface area contributed by atoms with Gasteiger partial charge < -0.3 is 0 Å². The molecule has 0 saturated carbocycles. The van der Waals surface area contributed by atoms with Crippen molar-refractivity contribution >= 4 is 5.65 Å². The van der Waals surface area contributed by atoms with E-state index < -0.39 is 0 Å². The van der Waals surface area contributed by atoms with Crippen molar-refractivity contribution in [3.63, 3.8) is 0 Å². The van der Waals surface area contributed by atoms with Crippen molar-refractivity contribution in [3.8, 4) is 0 Å². The van der Waals surface area contributed by atoms with Gasteiger partial charge in [0, 0.05) is 24.8 Å². The van der Waals surface area contributed by atoms with Gasteiger partial charge in [0.1, 0.15) is 5.65 Å². The van der Waals surface area contributed by atoms with Gasteiger partial charge in [0.25, 0.3) is 5.56 Å². The summed E-state index contributed by atoms with van der Waals surface area (Å²) in [5.74, 6) is 0.577. The molecule has 0 aromatic carbocycles. The third-order valence-corrected chi connectivity index (χ3v) is 4.25. The lowest BCUT2D eigenvalue weighted by atomic mass is 10.0. The maximum absolute atomic E-state index is 12.2. The van der Waals surface area contributed by atoms with Crippen LogP contribution in [0.3, 0.4) is 0 Å². The van der Waals surface area contributed by atoms with Crippen LogP contribution in [0.25, 0.3) is 5.65 Å². The standard InChI is InChI=1S/C17H25N3O/c1-6-19(14(5)12(2)3)11-15-10-16(21)20-9-7-8-13(4)17(20)18-15/h7-10,12,14H,6,11H2,1-5H3. The summed E-state index contributed by atoms with van der Waals surface area (Å²) in [7, 11) is 0. The summed E-state index contributed by atoms with van der Waals surface area (Å²) in [5, 5.41) is 0. The number of hydrogen-bond acceptors (Lipinski definition) is 3. The van der Waals surface area contributed by atoms with E-state index in [9.17, 15) is 4.79 Å². The van der Waals surface area contributed by atoms with E-state index in [1.807, 2.05) is 19.1 Å². The highest BCUT2D eigenvalue weighted by Crippen LogP contribution is 2.13. The van der Waals surface area contributed by atoms with E-state index in [0.717, 1.165) is 30.0 Å². The van der Waals surface area contributed by atoms with E-state index in [0.29, 0.717) is 12.0 Å². The smallest absolute Gasteiger partial charge is 0.258 e. The predicted molar refractivity (Wildman–Crippen MR) is 86.6 cm³/mol. The van der Waals surface area contributed by atoms with Crippen LogP contribution in [0.1, 0.15) is 39.0 Å². The Hall–Kier alpha value is -1.68. The third-order valence-electron chi connectivity index (χ3n) is 4.25. The van der Waals surface area contributed by atoms with Crippen LogP contribution in [-0.2, 0) is 6.54 Å². The second kappa shape index (κ2) is 6.39. The van der Waals surface area contributed by atoms with Crippen LogP contribution in [0.4, 0.5) is 0 Å². The van der Waals surface area contributed by atoms with Gasteiger partial charge in [-0.3, -0.25) is 14.1 Å². The SMILES string of the molecule is CCN(Cc1cc(=O)n2cccc(C)c2n1)C(C)C(C)C. The van der Waals surface area contributed by atoms with E-state index in [-0.39, 0.29) is 5.56 Å². The topological polar surface area (TPSA) is 37.6 Å². The normalized spacial score (nSPS) is 13.3. The molecule has 2 rings (SSSR count). The molecule has 21 heavy (non-hydrogen) atoms. The van der Waals surface area contributed by atoms with Gasteiger partial charge in [-0.2, -0.15) is 0 Å². The van der Waals surface area contributed by atoms with Crippen molar-refractivity contribution in [2.75, 3.05) is 6.54 Å². The molecule has 2 aromatic heterocycles. The number of fused-ring (bicyclic) bond motifs is 1. The van der Waals surface area contributed by atoms with Crippen LogP contribution >= 0.6 is 0 Å². The average Bonchev–Trinajstić information content (AvgIpc) is 2.45. The molecule has 0 radical (unpaired) electrons. The second-order valence-corrected chi connectivity index (χ2v) is 6.02. The summed E-state index contributed by atoms with van der Waals surface area (Å²) in [5.41, 5.74) is 2.63. The van der Waals surface area contributed by atoms with Crippen LogP contribution < -0.4 is 5.56 Å². The van der Waals surface area contributed by atoms with Gasteiger partial charge >= 0.3 is 0 Å². The molecule has 0 amide bonds. The zero-order valence-corrected chi connectivity index (χ0v) is 13.6. The molecule has 4 heteroatoms. The first-order valence-electron chi connectivity index (χ1n) is 7.66. The number of hydrogen-bond donors (Lipinski definition) is 0. The largest absolute Gasteiger partial charge is 0.295 e. The molecule has 1 unspecified atom stereocenters. The molecular weight excluding hydrogens is 262 g/mol. The average molecular weight is 287 g/mol. The molecular formula is C17H25N3O. The molecule has 2 aromatic rings. The summed E-state index contributed by atoms with van der Waals surface area (Å²) in [6.07, 6.45) is 1.77. The lowest BCUT2D eigenvalue weighted by Crippen LogP contribution is -2.36. The Balaban J connectivity index is 2.39. The highest BCUT2D eigenvalue weighted by atomic mass is 16.1. The number of nitrogens with zero attached hydrogens (tertiary/aromatic N) is 3. The second-order valence-electron chi connectivity index (χ2n) is 6.02. The first kappa shape index (κ1) is 15.7. The van der Waals surface area contributed by atoms with Crippen LogP contribution in [0.2, 0.25) is 0 Å². The van der Waals surface area contributed by atoms with Crippen molar-refractivity contribution < 1.29 is 0 Å². The maximum atomic E-state index is 12.2. The number of pyridine rings is 1. The number of rotatable bonds is 5. The van der Waals surface area contributed by atoms with E-state index in [2.05, 4.69) is 37.6 Å². The minimum Gasteiger partial charge on any atom is -0.295 e. The Morgan fingerprint density at radius 1 is 1.33 bits per heavy atom. The molecule has 0 aliphatic heterocycles. The fraction of sp³-hybridized carbons (Fsp3) is 0.529. The summed E-state index contributed by atoms with van der Waals surface area (Å²) in [4.78, 5) is 19.3. The van der Waals surface area contributed by atoms with Gasteiger partial charge in [-0.15, -0.1) is 0 Å². The molecule has 1 atom stereocenters. The molecule has 0 bridgehead atoms. The molecule has 0 aliphatic carbocycles. The minimum absolute atomic E-state index is 0.00745. The van der Waals surface area contributed by atoms with E-state index in [4.69, 9.17) is 0 Å². The van der Waals surface area contributed by atoms with Gasteiger partial charge in [-0.05, 0) is 37.9 Å². The molecule has 0 spiro atoms. The predicted octanol–water partition coefficient (Wildman–Crippen LogP) is 2.87. The summed E-state index contributed by atoms with van der Waals surface area (Å²) >= 11 is 0. The quantitative estimate of drug-likeness (QED) is 0.848. The van der Waals surface area contributed by atoms with Gasteiger partial charge in [-0.25, -0.2) is 4.98 Å². The zero-order chi connectivity index (χ0) is 15.6. The maximum Gasteiger partial charge on any atom is 0.258 e.